The number of hydrogen-bond acceptors (Lipinski definition) is 3. The molecule has 0 rings (SSSR count). The molecule has 0 radical (unpaired) electrons. The first-order chi connectivity index (χ1) is 4.16. The lowest BCUT2D eigenvalue weighted by Crippen LogP contribution is -2.06. The molecule has 0 spiro atoms. The summed E-state index contributed by atoms with van der Waals surface area (Å²) >= 11 is 3.02. The normalized spacial score (nSPS) is 11.8. The van der Waals surface area contributed by atoms with Crippen molar-refractivity contribution in [2.24, 2.45) is 0 Å². The zero-order chi connectivity index (χ0) is 7.28. The molecule has 52 valence electrons. The van der Waals surface area contributed by atoms with Crippen molar-refractivity contribution in [2.45, 2.75) is 6.42 Å². The molecule has 0 amide bonds. The van der Waals surface area contributed by atoms with Gasteiger partial charge in [0.1, 0.15) is 0 Å². The van der Waals surface area contributed by atoms with E-state index in [1.807, 2.05) is 0 Å². The SMILES string of the molecule is OCC/C(Br)=C/B(O)O. The molecule has 0 aromatic rings. The Hall–Kier alpha value is 0.165. The van der Waals surface area contributed by atoms with E-state index in [-0.39, 0.29) is 6.61 Å². The lowest BCUT2D eigenvalue weighted by Gasteiger charge is -1.92. The van der Waals surface area contributed by atoms with E-state index >= 15 is 0 Å². The van der Waals surface area contributed by atoms with Gasteiger partial charge in [-0.15, -0.1) is 0 Å². The standard InChI is InChI=1S/C4H8BBrO3/c6-4(1-2-7)3-5(8)9/h3,7-9H,1-2H2/b4-3-. The highest BCUT2D eigenvalue weighted by atomic mass is 79.9. The van der Waals surface area contributed by atoms with Gasteiger partial charge in [0, 0.05) is 13.0 Å². The molecule has 0 aliphatic rings. The van der Waals surface area contributed by atoms with Gasteiger partial charge in [0.25, 0.3) is 0 Å². The molecule has 5 heteroatoms. The average Bonchev–Trinajstić information content (AvgIpc) is 1.63. The van der Waals surface area contributed by atoms with Gasteiger partial charge in [0.15, 0.2) is 0 Å². The van der Waals surface area contributed by atoms with Crippen molar-refractivity contribution < 1.29 is 15.2 Å². The summed E-state index contributed by atoms with van der Waals surface area (Å²) in [6.45, 7) is 0.00377. The van der Waals surface area contributed by atoms with Gasteiger partial charge in [-0.2, -0.15) is 0 Å². The number of aliphatic hydroxyl groups excluding tert-OH is 1. The fourth-order valence-corrected chi connectivity index (χ4v) is 0.766. The molecule has 9 heavy (non-hydrogen) atoms. The van der Waals surface area contributed by atoms with Gasteiger partial charge in [0.2, 0.25) is 0 Å². The number of aliphatic hydroxyl groups is 1. The highest BCUT2D eigenvalue weighted by Crippen LogP contribution is 2.08. The van der Waals surface area contributed by atoms with Crippen LogP contribution in [0.2, 0.25) is 0 Å². The van der Waals surface area contributed by atoms with Crippen LogP contribution in [-0.4, -0.2) is 28.9 Å². The third kappa shape index (κ3) is 6.04. The highest BCUT2D eigenvalue weighted by molar-refractivity contribution is 9.11. The van der Waals surface area contributed by atoms with E-state index in [4.69, 9.17) is 15.2 Å². The van der Waals surface area contributed by atoms with Crippen molar-refractivity contribution >= 4 is 23.0 Å². The lowest BCUT2D eigenvalue weighted by atomic mass is 9.91. The summed E-state index contributed by atoms with van der Waals surface area (Å²) in [5.74, 6) is 1.20. The fourth-order valence-electron chi connectivity index (χ4n) is 0.352. The van der Waals surface area contributed by atoms with Crippen molar-refractivity contribution in [1.29, 1.82) is 0 Å². The van der Waals surface area contributed by atoms with E-state index < -0.39 is 7.12 Å². The second-order valence-corrected chi connectivity index (χ2v) is 2.52. The smallest absolute Gasteiger partial charge is 0.424 e. The molecule has 0 fully saturated rings. The third-order valence-corrected chi connectivity index (χ3v) is 1.34. The van der Waals surface area contributed by atoms with Gasteiger partial charge < -0.3 is 15.2 Å². The minimum atomic E-state index is -1.44. The average molecular weight is 195 g/mol. The van der Waals surface area contributed by atoms with Crippen LogP contribution in [0.1, 0.15) is 6.42 Å². The summed E-state index contributed by atoms with van der Waals surface area (Å²) in [7, 11) is -1.44. The monoisotopic (exact) mass is 194 g/mol. The van der Waals surface area contributed by atoms with E-state index in [1.165, 1.54) is 5.98 Å². The molecule has 0 bridgehead atoms. The molecule has 0 atom stereocenters. The van der Waals surface area contributed by atoms with E-state index in [2.05, 4.69) is 15.9 Å². The molecular formula is C4H8BBrO3. The molecule has 0 aromatic carbocycles. The van der Waals surface area contributed by atoms with Crippen molar-refractivity contribution in [3.8, 4) is 0 Å². The van der Waals surface area contributed by atoms with Crippen molar-refractivity contribution in [1.82, 2.24) is 0 Å². The lowest BCUT2D eigenvalue weighted by molar-refractivity contribution is 0.302. The van der Waals surface area contributed by atoms with E-state index in [0.29, 0.717) is 10.9 Å². The minimum Gasteiger partial charge on any atom is -0.424 e. The largest absolute Gasteiger partial charge is 0.481 e. The molecular weight excluding hydrogens is 187 g/mol. The van der Waals surface area contributed by atoms with Crippen LogP contribution < -0.4 is 0 Å². The second-order valence-electron chi connectivity index (χ2n) is 1.50. The van der Waals surface area contributed by atoms with Crippen LogP contribution in [-0.2, 0) is 0 Å². The Morgan fingerprint density at radius 3 is 2.44 bits per heavy atom. The van der Waals surface area contributed by atoms with Gasteiger partial charge in [-0.25, -0.2) is 0 Å². The van der Waals surface area contributed by atoms with Crippen LogP contribution in [0.5, 0.6) is 0 Å². The summed E-state index contributed by atoms with van der Waals surface area (Å²) < 4.78 is 0.597. The number of rotatable bonds is 3. The van der Waals surface area contributed by atoms with Crippen molar-refractivity contribution in [2.75, 3.05) is 6.61 Å². The zero-order valence-corrected chi connectivity index (χ0v) is 6.37. The van der Waals surface area contributed by atoms with Crippen molar-refractivity contribution in [3.05, 3.63) is 10.5 Å². The quantitative estimate of drug-likeness (QED) is 0.539. The topological polar surface area (TPSA) is 60.7 Å². The number of hydrogen-bond donors (Lipinski definition) is 3. The van der Waals surface area contributed by atoms with Crippen LogP contribution >= 0.6 is 15.9 Å². The van der Waals surface area contributed by atoms with Gasteiger partial charge in [-0.05, 0) is 10.5 Å². The molecule has 0 aliphatic carbocycles. The van der Waals surface area contributed by atoms with Gasteiger partial charge in [-0.1, -0.05) is 15.9 Å². The maximum absolute atomic E-state index is 8.32. The van der Waals surface area contributed by atoms with Gasteiger partial charge >= 0.3 is 7.12 Å². The Balaban J connectivity index is 3.55. The molecule has 3 nitrogen and oxygen atoms in total. The van der Waals surface area contributed by atoms with Crippen LogP contribution in [0.25, 0.3) is 0 Å². The first-order valence-corrected chi connectivity index (χ1v) is 3.29. The Morgan fingerprint density at radius 1 is 1.56 bits per heavy atom. The molecule has 3 N–H and O–H groups in total. The van der Waals surface area contributed by atoms with Crippen LogP contribution in [0.3, 0.4) is 0 Å². The minimum absolute atomic E-state index is 0.00377. The first-order valence-electron chi connectivity index (χ1n) is 2.50. The summed E-state index contributed by atoms with van der Waals surface area (Å²) in [4.78, 5) is 0. The molecule has 0 aromatic heterocycles. The molecule has 0 saturated heterocycles. The van der Waals surface area contributed by atoms with Gasteiger partial charge in [0.05, 0.1) is 0 Å². The maximum Gasteiger partial charge on any atom is 0.481 e. The summed E-state index contributed by atoms with van der Waals surface area (Å²) in [6, 6.07) is 0. The molecule has 0 saturated carbocycles. The van der Waals surface area contributed by atoms with E-state index in [9.17, 15) is 0 Å². The van der Waals surface area contributed by atoms with Crippen LogP contribution in [0, 0.1) is 0 Å². The Bertz CT molecular complexity index is 104. The van der Waals surface area contributed by atoms with Crippen molar-refractivity contribution in [3.63, 3.8) is 0 Å². The summed E-state index contributed by atoms with van der Waals surface area (Å²) in [5, 5.41) is 24.9. The van der Waals surface area contributed by atoms with E-state index in [0.717, 1.165) is 0 Å². The molecule has 0 aliphatic heterocycles. The molecule has 0 unspecified atom stereocenters. The fraction of sp³-hybridized carbons (Fsp3) is 0.500. The van der Waals surface area contributed by atoms with E-state index in [1.54, 1.807) is 0 Å². The maximum atomic E-state index is 8.32. The zero-order valence-electron chi connectivity index (χ0n) is 4.79. The van der Waals surface area contributed by atoms with Gasteiger partial charge in [-0.3, -0.25) is 0 Å². The van der Waals surface area contributed by atoms with Crippen LogP contribution in [0.15, 0.2) is 10.5 Å². The first kappa shape index (κ1) is 9.16. The second kappa shape index (κ2) is 4.99. The summed E-state index contributed by atoms with van der Waals surface area (Å²) in [6.07, 6.45) is 0.414. The van der Waals surface area contributed by atoms with Crippen LogP contribution in [0.4, 0.5) is 0 Å². The molecule has 0 heterocycles. The Kier molecular flexibility index (Phi) is 5.08. The third-order valence-electron chi connectivity index (χ3n) is 0.681. The Labute approximate surface area is 62.3 Å². The predicted octanol–water partition coefficient (Wildman–Crippen LogP) is -0.340. The summed E-state index contributed by atoms with van der Waals surface area (Å²) in [5.41, 5.74) is 0. The Morgan fingerprint density at radius 2 is 2.11 bits per heavy atom. The highest BCUT2D eigenvalue weighted by Gasteiger charge is 2.01. The predicted molar refractivity (Wildman–Crippen MR) is 38.9 cm³/mol. The number of halogens is 1.